The van der Waals surface area contributed by atoms with Crippen LogP contribution in [0.2, 0.25) is 0 Å². The number of nitrogens with two attached hydrogens (primary N) is 1. The first-order valence-electron chi connectivity index (χ1n) is 14.4. The molecule has 0 saturated carbocycles. The fourth-order valence-corrected chi connectivity index (χ4v) is 4.96. The molecule has 0 fully saturated rings. The van der Waals surface area contributed by atoms with Crippen molar-refractivity contribution in [1.82, 2.24) is 0 Å². The number of nitrogens with zero attached hydrogens (tertiary/aromatic N) is 1. The maximum Gasteiger partial charge on any atom is 0.268 e. The highest BCUT2D eigenvalue weighted by atomic mass is 31.2. The zero-order valence-electron chi connectivity index (χ0n) is 23.6. The summed E-state index contributed by atoms with van der Waals surface area (Å²) in [4.78, 5) is 11.7. The van der Waals surface area contributed by atoms with Crippen LogP contribution in [0.3, 0.4) is 0 Å². The van der Waals surface area contributed by atoms with Gasteiger partial charge in [-0.25, -0.2) is 0 Å². The highest BCUT2D eigenvalue weighted by molar-refractivity contribution is 7.45. The second-order valence-corrected chi connectivity index (χ2v) is 12.7. The lowest BCUT2D eigenvalue weighted by molar-refractivity contribution is -0.870. The number of benzene rings is 1. The topological polar surface area (TPSA) is 84.6 Å². The van der Waals surface area contributed by atoms with Gasteiger partial charge in [-0.1, -0.05) is 102 Å². The lowest BCUT2D eigenvalue weighted by Gasteiger charge is -2.27. The average Bonchev–Trinajstić information content (AvgIpc) is 2.80. The minimum atomic E-state index is -4.15. The van der Waals surface area contributed by atoms with Gasteiger partial charge in [0.2, 0.25) is 0 Å². The van der Waals surface area contributed by atoms with E-state index in [0.29, 0.717) is 11.0 Å². The van der Waals surface area contributed by atoms with Gasteiger partial charge in [-0.3, -0.25) is 4.57 Å². The molecule has 0 aromatic heterocycles. The van der Waals surface area contributed by atoms with Gasteiger partial charge in [0.15, 0.2) is 0 Å². The Morgan fingerprint density at radius 2 is 1.06 bits per heavy atom. The summed E-state index contributed by atoms with van der Waals surface area (Å²) < 4.78 is 22.2. The van der Waals surface area contributed by atoms with Gasteiger partial charge in [-0.2, -0.15) is 0 Å². The van der Waals surface area contributed by atoms with Crippen molar-refractivity contribution in [2.24, 2.45) is 0 Å². The van der Waals surface area contributed by atoms with Crippen LogP contribution >= 0.6 is 7.82 Å². The van der Waals surface area contributed by atoms with E-state index in [9.17, 15) is 9.46 Å². The van der Waals surface area contributed by atoms with E-state index in [0.717, 1.165) is 24.9 Å². The molecule has 0 aliphatic rings. The third kappa shape index (κ3) is 21.2. The monoisotopic (exact) mass is 526 g/mol. The van der Waals surface area contributed by atoms with Crippen molar-refractivity contribution in [1.29, 1.82) is 0 Å². The molecule has 0 aliphatic heterocycles. The second-order valence-electron chi connectivity index (χ2n) is 11.3. The van der Waals surface area contributed by atoms with Crippen LogP contribution in [-0.2, 0) is 20.0 Å². The minimum Gasteiger partial charge on any atom is -0.756 e. The van der Waals surface area contributed by atoms with E-state index in [2.05, 4.69) is 12.1 Å². The molecule has 0 saturated heterocycles. The predicted molar refractivity (Wildman–Crippen MR) is 151 cm³/mol. The number of likely N-dealkylation sites (N-methyl/N-ethyl adjacent to an activating group) is 1. The van der Waals surface area contributed by atoms with Gasteiger partial charge in [-0.15, -0.1) is 0 Å². The van der Waals surface area contributed by atoms with E-state index in [-0.39, 0.29) is 13.2 Å². The molecule has 0 spiro atoms. The number of phosphoric acid groups is 1. The second kappa shape index (κ2) is 20.1. The number of nitrogen functional groups attached to an aromatic ring is 1. The molecular formula is C29H55N2O4P. The fraction of sp³-hybridized carbons (Fsp3) is 0.793. The summed E-state index contributed by atoms with van der Waals surface area (Å²) in [6.07, 6.45) is 21.5. The number of hydrogen-bond acceptors (Lipinski definition) is 5. The third-order valence-electron chi connectivity index (χ3n) is 6.60. The fourth-order valence-electron chi connectivity index (χ4n) is 4.23. The molecule has 1 unspecified atom stereocenters. The molecule has 6 nitrogen and oxygen atoms in total. The van der Waals surface area contributed by atoms with E-state index >= 15 is 0 Å². The Kier molecular flexibility index (Phi) is 18.5. The molecule has 0 heterocycles. The van der Waals surface area contributed by atoms with Crippen LogP contribution in [0.15, 0.2) is 24.3 Å². The third-order valence-corrected chi connectivity index (χ3v) is 7.60. The van der Waals surface area contributed by atoms with Gasteiger partial charge in [-0.05, 0) is 37.0 Å². The van der Waals surface area contributed by atoms with Crippen molar-refractivity contribution in [3.8, 4) is 0 Å². The smallest absolute Gasteiger partial charge is 0.268 e. The van der Waals surface area contributed by atoms with Crippen LogP contribution < -0.4 is 10.6 Å². The molecule has 0 aliphatic carbocycles. The highest BCUT2D eigenvalue weighted by Crippen LogP contribution is 2.38. The SMILES string of the molecule is C[N+](C)(C)CCOP(=O)([O-])OCCCCCCCCCCCCCCCCCCc1ccc(N)cc1. The number of phosphoric ester groups is 1. The zero-order chi connectivity index (χ0) is 26.5. The number of quaternary nitrogens is 1. The van der Waals surface area contributed by atoms with Gasteiger partial charge in [0.1, 0.15) is 13.2 Å². The Morgan fingerprint density at radius 3 is 1.50 bits per heavy atom. The molecule has 210 valence electrons. The van der Waals surface area contributed by atoms with Crippen molar-refractivity contribution in [2.75, 3.05) is 46.6 Å². The average molecular weight is 527 g/mol. The molecule has 2 N–H and O–H groups in total. The van der Waals surface area contributed by atoms with Gasteiger partial charge in [0, 0.05) is 5.69 Å². The maximum absolute atomic E-state index is 11.7. The number of hydrogen-bond donors (Lipinski definition) is 1. The van der Waals surface area contributed by atoms with Gasteiger partial charge >= 0.3 is 0 Å². The van der Waals surface area contributed by atoms with Gasteiger partial charge < -0.3 is 24.2 Å². The van der Waals surface area contributed by atoms with Crippen molar-refractivity contribution < 1.29 is 23.0 Å². The number of anilines is 1. The van der Waals surface area contributed by atoms with Crippen LogP contribution in [0, 0.1) is 0 Å². The van der Waals surface area contributed by atoms with Crippen LogP contribution in [0.1, 0.15) is 108 Å². The van der Waals surface area contributed by atoms with E-state index in [1.165, 1.54) is 95.5 Å². The summed E-state index contributed by atoms with van der Waals surface area (Å²) in [5, 5.41) is 0. The lowest BCUT2D eigenvalue weighted by atomic mass is 10.0. The summed E-state index contributed by atoms with van der Waals surface area (Å²) in [7, 11) is 1.84. The van der Waals surface area contributed by atoms with Crippen molar-refractivity contribution in [3.63, 3.8) is 0 Å². The molecule has 1 aromatic carbocycles. The van der Waals surface area contributed by atoms with Gasteiger partial charge in [0.05, 0.1) is 27.7 Å². The molecular weight excluding hydrogens is 471 g/mol. The summed E-state index contributed by atoms with van der Waals surface area (Å²) in [6.45, 7) is 1.02. The van der Waals surface area contributed by atoms with Crippen molar-refractivity contribution in [3.05, 3.63) is 29.8 Å². The Labute approximate surface area is 222 Å². The van der Waals surface area contributed by atoms with E-state index in [1.807, 2.05) is 33.3 Å². The molecule has 1 rings (SSSR count). The van der Waals surface area contributed by atoms with Crippen LogP contribution in [-0.4, -0.2) is 45.4 Å². The Bertz CT molecular complexity index is 692. The van der Waals surface area contributed by atoms with Gasteiger partial charge in [0.25, 0.3) is 7.82 Å². The predicted octanol–water partition coefficient (Wildman–Crippen LogP) is 7.26. The molecule has 7 heteroatoms. The Hall–Kier alpha value is -0.910. The zero-order valence-corrected chi connectivity index (χ0v) is 24.5. The maximum atomic E-state index is 11.7. The first-order chi connectivity index (χ1) is 17.2. The molecule has 36 heavy (non-hydrogen) atoms. The van der Waals surface area contributed by atoms with E-state index in [4.69, 9.17) is 14.8 Å². The molecule has 0 amide bonds. The summed E-state index contributed by atoms with van der Waals surface area (Å²) >= 11 is 0. The Balaban J connectivity index is 1.76. The normalized spacial score (nSPS) is 13.7. The summed E-state index contributed by atoms with van der Waals surface area (Å²) in [6, 6.07) is 8.29. The first kappa shape index (κ1) is 33.1. The molecule has 1 aromatic rings. The lowest BCUT2D eigenvalue weighted by Crippen LogP contribution is -2.37. The van der Waals surface area contributed by atoms with Crippen LogP contribution in [0.5, 0.6) is 0 Å². The number of unbranched alkanes of at least 4 members (excludes halogenated alkanes) is 15. The minimum absolute atomic E-state index is 0.164. The number of aryl methyl sites for hydroxylation is 1. The van der Waals surface area contributed by atoms with E-state index < -0.39 is 7.82 Å². The van der Waals surface area contributed by atoms with E-state index in [1.54, 1.807) is 0 Å². The molecule has 0 radical (unpaired) electrons. The summed E-state index contributed by atoms with van der Waals surface area (Å²) in [5.41, 5.74) is 7.98. The molecule has 0 bridgehead atoms. The molecule has 1 atom stereocenters. The Morgan fingerprint density at radius 1 is 0.667 bits per heavy atom. The van der Waals surface area contributed by atoms with Crippen molar-refractivity contribution >= 4 is 13.5 Å². The van der Waals surface area contributed by atoms with Crippen molar-refractivity contribution in [2.45, 2.75) is 109 Å². The standard InChI is InChI=1S/C29H55N2O4P/c1-31(2,3)25-27-35-36(32,33)34-26-19-17-15-13-11-9-7-5-4-6-8-10-12-14-16-18-20-28-21-23-29(30)24-22-28/h21-24H,4-20,25-27,30H2,1-3H3. The van der Waals surface area contributed by atoms with Crippen LogP contribution in [0.25, 0.3) is 0 Å². The number of rotatable bonds is 24. The quantitative estimate of drug-likeness (QED) is 0.0663. The van der Waals surface area contributed by atoms with Crippen LogP contribution in [0.4, 0.5) is 5.69 Å². The highest BCUT2D eigenvalue weighted by Gasteiger charge is 2.12. The summed E-state index contributed by atoms with van der Waals surface area (Å²) in [5.74, 6) is 0. The first-order valence-corrected chi connectivity index (χ1v) is 15.9. The largest absolute Gasteiger partial charge is 0.756 e.